The molecule has 0 saturated carbocycles. The van der Waals surface area contributed by atoms with E-state index >= 15 is 0 Å². The van der Waals surface area contributed by atoms with Gasteiger partial charge < -0.3 is 14.8 Å². The highest BCUT2D eigenvalue weighted by molar-refractivity contribution is 5.54. The van der Waals surface area contributed by atoms with Gasteiger partial charge in [0, 0.05) is 6.54 Å². The molecule has 124 valence electrons. The highest BCUT2D eigenvalue weighted by Gasteiger charge is 2.34. The van der Waals surface area contributed by atoms with Crippen LogP contribution in [0, 0.1) is 0 Å². The summed E-state index contributed by atoms with van der Waals surface area (Å²) in [5.74, 6) is 0.0957. The third-order valence-electron chi connectivity index (χ3n) is 3.15. The Morgan fingerprint density at radius 2 is 1.92 bits per heavy atom. The molecule has 2 heterocycles. The molecule has 0 amide bonds. The van der Waals surface area contributed by atoms with E-state index in [1.807, 2.05) is 0 Å². The van der Waals surface area contributed by atoms with E-state index < -0.39 is 11.9 Å². The Labute approximate surface area is 134 Å². The highest BCUT2D eigenvalue weighted by Crippen LogP contribution is 2.31. The Balaban J connectivity index is 1.90. The zero-order valence-electron chi connectivity index (χ0n) is 12.2. The fourth-order valence-electron chi connectivity index (χ4n) is 2.07. The van der Waals surface area contributed by atoms with Crippen molar-refractivity contribution >= 4 is 5.95 Å². The van der Waals surface area contributed by atoms with Gasteiger partial charge in [0.05, 0.1) is 6.26 Å². The van der Waals surface area contributed by atoms with Crippen LogP contribution in [0.5, 0.6) is 5.75 Å². The van der Waals surface area contributed by atoms with Crippen LogP contribution in [0.4, 0.5) is 19.1 Å². The number of anilines is 1. The second-order valence-corrected chi connectivity index (χ2v) is 4.96. The molecule has 8 heteroatoms. The lowest BCUT2D eigenvalue weighted by atomic mass is 10.2. The Hall–Kier alpha value is -3.03. The molecular formula is C16H12F3N3O2. The Morgan fingerprint density at radius 1 is 1.08 bits per heavy atom. The van der Waals surface area contributed by atoms with Crippen LogP contribution in [0.1, 0.15) is 11.3 Å². The summed E-state index contributed by atoms with van der Waals surface area (Å²) in [6.45, 7) is 0.160. The number of nitrogens with one attached hydrogen (secondary N) is 1. The first-order valence-corrected chi connectivity index (χ1v) is 6.94. The molecule has 0 radical (unpaired) electrons. The van der Waals surface area contributed by atoms with Crippen molar-refractivity contribution in [3.05, 3.63) is 60.0 Å². The van der Waals surface area contributed by atoms with Gasteiger partial charge in [0.2, 0.25) is 5.95 Å². The average Bonchev–Trinajstić information content (AvgIpc) is 3.06. The molecule has 2 aromatic heterocycles. The van der Waals surface area contributed by atoms with Crippen molar-refractivity contribution in [2.45, 2.75) is 12.7 Å². The van der Waals surface area contributed by atoms with Crippen molar-refractivity contribution in [2.24, 2.45) is 0 Å². The first-order chi connectivity index (χ1) is 11.4. The molecule has 0 unspecified atom stereocenters. The van der Waals surface area contributed by atoms with Crippen molar-refractivity contribution < 1.29 is 22.7 Å². The predicted molar refractivity (Wildman–Crippen MR) is 80.2 cm³/mol. The van der Waals surface area contributed by atoms with Gasteiger partial charge in [-0.2, -0.15) is 13.2 Å². The van der Waals surface area contributed by atoms with E-state index in [1.165, 1.54) is 24.5 Å². The fourth-order valence-corrected chi connectivity index (χ4v) is 2.07. The summed E-state index contributed by atoms with van der Waals surface area (Å²) in [4.78, 5) is 7.55. The lowest BCUT2D eigenvalue weighted by Crippen LogP contribution is -2.12. The third kappa shape index (κ3) is 3.65. The fraction of sp³-hybridized carbons (Fsp3) is 0.125. The number of aromatic nitrogens is 2. The predicted octanol–water partition coefficient (Wildman–Crippen LogP) is 4.07. The third-order valence-corrected chi connectivity index (χ3v) is 3.15. The SMILES string of the molecule is Oc1cccc(CNc2nc(-c3ccco3)cc(C(F)(F)F)n2)c1. The number of phenolic OH excluding ortho intramolecular Hbond substituents is 1. The van der Waals surface area contributed by atoms with Crippen molar-refractivity contribution in [1.29, 1.82) is 0 Å². The Bertz CT molecular complexity index is 833. The van der Waals surface area contributed by atoms with E-state index in [-0.39, 0.29) is 29.7 Å². The minimum absolute atomic E-state index is 0.0285. The summed E-state index contributed by atoms with van der Waals surface area (Å²) in [6, 6.07) is 10.2. The van der Waals surface area contributed by atoms with Crippen LogP contribution in [-0.4, -0.2) is 15.1 Å². The van der Waals surface area contributed by atoms with Gasteiger partial charge in [-0.05, 0) is 35.9 Å². The zero-order valence-corrected chi connectivity index (χ0v) is 12.2. The van der Waals surface area contributed by atoms with Crippen LogP contribution in [0.3, 0.4) is 0 Å². The minimum Gasteiger partial charge on any atom is -0.508 e. The largest absolute Gasteiger partial charge is 0.508 e. The number of alkyl halides is 3. The molecular weight excluding hydrogens is 323 g/mol. The molecule has 3 aromatic rings. The molecule has 0 aliphatic rings. The lowest BCUT2D eigenvalue weighted by Gasteiger charge is -2.11. The van der Waals surface area contributed by atoms with Crippen molar-refractivity contribution in [2.75, 3.05) is 5.32 Å². The normalized spacial score (nSPS) is 11.5. The van der Waals surface area contributed by atoms with Gasteiger partial charge >= 0.3 is 6.18 Å². The number of furan rings is 1. The monoisotopic (exact) mass is 335 g/mol. The molecule has 0 atom stereocenters. The van der Waals surface area contributed by atoms with Crippen LogP contribution in [-0.2, 0) is 12.7 Å². The molecule has 0 bridgehead atoms. The van der Waals surface area contributed by atoms with Gasteiger partial charge in [0.15, 0.2) is 11.5 Å². The van der Waals surface area contributed by atoms with Gasteiger partial charge in [0.25, 0.3) is 0 Å². The van der Waals surface area contributed by atoms with Crippen molar-refractivity contribution in [1.82, 2.24) is 9.97 Å². The minimum atomic E-state index is -4.61. The highest BCUT2D eigenvalue weighted by atomic mass is 19.4. The first-order valence-electron chi connectivity index (χ1n) is 6.94. The summed E-state index contributed by atoms with van der Waals surface area (Å²) in [5.41, 5.74) is -0.362. The van der Waals surface area contributed by atoms with Crippen molar-refractivity contribution in [3.8, 4) is 17.2 Å². The smallest absolute Gasteiger partial charge is 0.433 e. The number of phenols is 1. The molecule has 24 heavy (non-hydrogen) atoms. The second kappa shape index (κ2) is 6.23. The lowest BCUT2D eigenvalue weighted by molar-refractivity contribution is -0.141. The standard InChI is InChI=1S/C16H12F3N3O2/c17-16(18,19)14-8-12(13-5-2-6-24-13)21-15(22-14)20-9-10-3-1-4-11(23)7-10/h1-8,23H,9H2,(H,20,21,22). The summed E-state index contributed by atoms with van der Waals surface area (Å²) in [7, 11) is 0. The van der Waals surface area contributed by atoms with Crippen LogP contribution in [0.2, 0.25) is 0 Å². The van der Waals surface area contributed by atoms with Crippen LogP contribution in [0.15, 0.2) is 53.1 Å². The first kappa shape index (κ1) is 15.9. The van der Waals surface area contributed by atoms with Gasteiger partial charge in [-0.25, -0.2) is 9.97 Å². The van der Waals surface area contributed by atoms with Gasteiger partial charge in [0.1, 0.15) is 11.4 Å². The zero-order chi connectivity index (χ0) is 17.2. The number of rotatable bonds is 4. The number of benzene rings is 1. The molecule has 0 aliphatic heterocycles. The summed E-state index contributed by atoms with van der Waals surface area (Å²) in [6.07, 6.45) is -3.25. The van der Waals surface area contributed by atoms with Gasteiger partial charge in [-0.1, -0.05) is 12.1 Å². The molecule has 3 rings (SSSR count). The Kier molecular flexibility index (Phi) is 4.11. The molecule has 0 fully saturated rings. The number of aromatic hydroxyl groups is 1. The summed E-state index contributed by atoms with van der Waals surface area (Å²) in [5, 5.41) is 12.1. The number of nitrogens with zero attached hydrogens (tertiary/aromatic N) is 2. The molecule has 1 aromatic carbocycles. The average molecular weight is 335 g/mol. The van der Waals surface area contributed by atoms with E-state index in [4.69, 9.17) is 4.42 Å². The topological polar surface area (TPSA) is 71.2 Å². The Morgan fingerprint density at radius 3 is 2.58 bits per heavy atom. The number of hydrogen-bond acceptors (Lipinski definition) is 5. The number of hydrogen-bond donors (Lipinski definition) is 2. The van der Waals surface area contributed by atoms with Crippen LogP contribution < -0.4 is 5.32 Å². The maximum Gasteiger partial charge on any atom is 0.433 e. The van der Waals surface area contributed by atoms with Crippen molar-refractivity contribution in [3.63, 3.8) is 0 Å². The maximum atomic E-state index is 13.0. The van der Waals surface area contributed by atoms with Crippen LogP contribution >= 0.6 is 0 Å². The molecule has 0 saturated heterocycles. The van der Waals surface area contributed by atoms with E-state index in [9.17, 15) is 18.3 Å². The maximum absolute atomic E-state index is 13.0. The number of halogens is 3. The molecule has 0 aliphatic carbocycles. The van der Waals surface area contributed by atoms with E-state index in [1.54, 1.807) is 18.2 Å². The second-order valence-electron chi connectivity index (χ2n) is 4.96. The van der Waals surface area contributed by atoms with Gasteiger partial charge in [-0.3, -0.25) is 0 Å². The molecule has 5 nitrogen and oxygen atoms in total. The van der Waals surface area contributed by atoms with Crippen LogP contribution in [0.25, 0.3) is 11.5 Å². The summed E-state index contributed by atoms with van der Waals surface area (Å²) >= 11 is 0. The van der Waals surface area contributed by atoms with E-state index in [0.717, 1.165) is 6.07 Å². The van der Waals surface area contributed by atoms with E-state index in [0.29, 0.717) is 5.56 Å². The summed E-state index contributed by atoms with van der Waals surface area (Å²) < 4.78 is 44.2. The van der Waals surface area contributed by atoms with Gasteiger partial charge in [-0.15, -0.1) is 0 Å². The molecule has 2 N–H and O–H groups in total. The van der Waals surface area contributed by atoms with E-state index in [2.05, 4.69) is 15.3 Å². The molecule has 0 spiro atoms. The quantitative estimate of drug-likeness (QED) is 0.752.